The zero-order valence-electron chi connectivity index (χ0n) is 27.5. The van der Waals surface area contributed by atoms with Gasteiger partial charge < -0.3 is 9.47 Å². The number of rotatable bonds is 7. The second-order valence-electron chi connectivity index (χ2n) is 15.1. The molecule has 0 saturated heterocycles. The van der Waals surface area contributed by atoms with E-state index in [1.807, 2.05) is 0 Å². The van der Waals surface area contributed by atoms with Gasteiger partial charge in [-0.1, -0.05) is 87.5 Å². The van der Waals surface area contributed by atoms with Crippen LogP contribution in [0.15, 0.2) is 66.7 Å². The molecule has 6 rings (SSSR count). The van der Waals surface area contributed by atoms with E-state index in [1.165, 1.54) is 49.3 Å². The van der Waals surface area contributed by atoms with E-state index in [9.17, 15) is 9.59 Å². The highest BCUT2D eigenvalue weighted by atomic mass is 16.5. The Hall–Kier alpha value is -2.88. The van der Waals surface area contributed by atoms with Crippen LogP contribution in [0.25, 0.3) is 5.57 Å². The summed E-state index contributed by atoms with van der Waals surface area (Å²) >= 11 is 0. The summed E-state index contributed by atoms with van der Waals surface area (Å²) < 4.78 is 12.1. The van der Waals surface area contributed by atoms with Crippen molar-refractivity contribution in [1.29, 1.82) is 0 Å². The van der Waals surface area contributed by atoms with Gasteiger partial charge in [0.2, 0.25) is 0 Å². The Morgan fingerprint density at radius 2 is 1.45 bits per heavy atom. The van der Waals surface area contributed by atoms with Crippen LogP contribution in [0.5, 0.6) is 0 Å². The van der Waals surface area contributed by atoms with E-state index < -0.39 is 0 Å². The van der Waals surface area contributed by atoms with Crippen molar-refractivity contribution in [2.75, 3.05) is 0 Å². The molecule has 0 radical (unpaired) electrons. The highest BCUT2D eigenvalue weighted by molar-refractivity contribution is 5.79. The maximum absolute atomic E-state index is 12.6. The largest absolute Gasteiger partial charge is 0.463 e. The Labute approximate surface area is 265 Å². The van der Waals surface area contributed by atoms with Crippen molar-refractivity contribution in [3.05, 3.63) is 77.9 Å². The van der Waals surface area contributed by atoms with E-state index in [-0.39, 0.29) is 35.0 Å². The molecule has 0 N–H and O–H groups in total. The molecule has 236 valence electrons. The van der Waals surface area contributed by atoms with Gasteiger partial charge in [0.1, 0.15) is 12.2 Å². The normalized spacial score (nSPS) is 36.6. The number of hydrogen-bond acceptors (Lipinski definition) is 4. The van der Waals surface area contributed by atoms with Crippen LogP contribution in [0.2, 0.25) is 0 Å². The first kappa shape index (κ1) is 31.1. The van der Waals surface area contributed by atoms with E-state index in [1.54, 1.807) is 6.92 Å². The van der Waals surface area contributed by atoms with Gasteiger partial charge in [0.25, 0.3) is 0 Å². The summed E-state index contributed by atoms with van der Waals surface area (Å²) in [5, 5.41) is 0. The lowest BCUT2D eigenvalue weighted by atomic mass is 9.43. The fourth-order valence-electron chi connectivity index (χ4n) is 10.9. The fraction of sp³-hybridized carbons (Fsp3) is 0.600. The Morgan fingerprint density at radius 1 is 0.818 bits per heavy atom. The summed E-state index contributed by atoms with van der Waals surface area (Å²) in [4.78, 5) is 24.4. The molecule has 0 aliphatic heterocycles. The lowest BCUT2D eigenvalue weighted by molar-refractivity contribution is -0.197. The molecule has 4 fully saturated rings. The van der Waals surface area contributed by atoms with Gasteiger partial charge in [0, 0.05) is 19.3 Å². The van der Waals surface area contributed by atoms with Crippen molar-refractivity contribution < 1.29 is 19.1 Å². The number of carbonyl (C=O) groups excluding carboxylic acids is 2. The summed E-state index contributed by atoms with van der Waals surface area (Å²) in [6, 6.07) is 21.5. The molecule has 0 aromatic heterocycles. The smallest absolute Gasteiger partial charge is 0.302 e. The number of carbonyl (C=O) groups is 2. The summed E-state index contributed by atoms with van der Waals surface area (Å²) in [7, 11) is 0. The van der Waals surface area contributed by atoms with Crippen LogP contribution in [0.1, 0.15) is 104 Å². The summed E-state index contributed by atoms with van der Waals surface area (Å²) in [5.74, 6) is 3.07. The van der Waals surface area contributed by atoms with Gasteiger partial charge >= 0.3 is 11.9 Å². The maximum Gasteiger partial charge on any atom is 0.302 e. The van der Waals surface area contributed by atoms with Crippen molar-refractivity contribution in [2.24, 2.45) is 46.3 Å². The van der Waals surface area contributed by atoms with Crippen LogP contribution in [0.3, 0.4) is 0 Å². The number of allylic oxidation sites excluding steroid dienone is 1. The van der Waals surface area contributed by atoms with Crippen LogP contribution in [-0.4, -0.2) is 24.1 Å². The summed E-state index contributed by atoms with van der Waals surface area (Å²) in [5.41, 5.74) is 4.01. The molecular weight excluding hydrogens is 544 g/mol. The van der Waals surface area contributed by atoms with Gasteiger partial charge in [-0.15, -0.1) is 0 Å². The molecular formula is C40H52O4. The average Bonchev–Trinajstić information content (AvgIpc) is 3.37. The molecule has 0 unspecified atom stereocenters. The molecule has 10 atom stereocenters. The first-order valence-corrected chi connectivity index (χ1v) is 17.3. The predicted octanol–water partition coefficient (Wildman–Crippen LogP) is 9.28. The van der Waals surface area contributed by atoms with Crippen molar-refractivity contribution in [3.8, 4) is 0 Å². The first-order chi connectivity index (χ1) is 21.1. The number of fused-ring (bicyclic) bond motifs is 5. The number of esters is 2. The van der Waals surface area contributed by atoms with Gasteiger partial charge in [-0.3, -0.25) is 9.59 Å². The van der Waals surface area contributed by atoms with Crippen LogP contribution < -0.4 is 0 Å². The van der Waals surface area contributed by atoms with Gasteiger partial charge in [0.05, 0.1) is 0 Å². The highest BCUT2D eigenvalue weighted by Crippen LogP contribution is 2.69. The second-order valence-corrected chi connectivity index (χ2v) is 15.1. The fourth-order valence-corrected chi connectivity index (χ4v) is 10.9. The average molecular weight is 597 g/mol. The predicted molar refractivity (Wildman–Crippen MR) is 175 cm³/mol. The zero-order chi connectivity index (χ0) is 31.1. The van der Waals surface area contributed by atoms with E-state index in [0.29, 0.717) is 35.5 Å². The number of benzene rings is 2. The molecule has 4 aliphatic carbocycles. The Balaban J connectivity index is 1.26. The molecule has 2 aromatic carbocycles. The van der Waals surface area contributed by atoms with Gasteiger partial charge in [-0.05, 0) is 115 Å². The molecule has 4 saturated carbocycles. The van der Waals surface area contributed by atoms with Crippen molar-refractivity contribution in [3.63, 3.8) is 0 Å². The SMILES string of the molecule is CC(=O)O[C@H]1CC[C@@]2(C)[C@@H](CC[C@H]3[C@H]2C[C@@H](OC(C)=O)[C@]2(C)[C@@H]3CC[C@H]2[C@H](C)CC=C(c2ccccc2)c2ccccc2)C1. The molecule has 4 aliphatic rings. The van der Waals surface area contributed by atoms with Crippen LogP contribution in [0, 0.1) is 46.3 Å². The third-order valence-electron chi connectivity index (χ3n) is 13.0. The van der Waals surface area contributed by atoms with Crippen LogP contribution >= 0.6 is 0 Å². The van der Waals surface area contributed by atoms with Gasteiger partial charge in [-0.25, -0.2) is 0 Å². The standard InChI is InChI=1S/C40H52O4/c1-26(16-18-33(29-12-8-6-9-13-29)30-14-10-7-11-15-30)35-20-21-36-34-19-17-31-24-32(43-27(2)41)22-23-39(31,4)37(34)25-38(40(35,36)5)44-28(3)42/h6-15,18,26,31-32,34-38H,16-17,19-25H2,1-5H3/t26-,31+,32+,34-,35+,36-,37-,38-,39+,40+/m1/s1. The minimum atomic E-state index is -0.156. The quantitative estimate of drug-likeness (QED) is 0.299. The van der Waals surface area contributed by atoms with Crippen LogP contribution in [-0.2, 0) is 19.1 Å². The molecule has 44 heavy (non-hydrogen) atoms. The first-order valence-electron chi connectivity index (χ1n) is 17.3. The second kappa shape index (κ2) is 12.5. The maximum atomic E-state index is 12.6. The Bertz CT molecular complexity index is 1310. The lowest BCUT2D eigenvalue weighted by Crippen LogP contribution is -2.59. The molecule has 4 heteroatoms. The molecule has 0 heterocycles. The zero-order valence-corrected chi connectivity index (χ0v) is 27.5. The third kappa shape index (κ3) is 5.67. The van der Waals surface area contributed by atoms with Gasteiger partial charge in [-0.2, -0.15) is 0 Å². The Morgan fingerprint density at radius 3 is 2.07 bits per heavy atom. The van der Waals surface area contributed by atoms with Crippen molar-refractivity contribution in [1.82, 2.24) is 0 Å². The van der Waals surface area contributed by atoms with Crippen molar-refractivity contribution >= 4 is 17.5 Å². The molecule has 0 spiro atoms. The minimum Gasteiger partial charge on any atom is -0.463 e. The Kier molecular flexibility index (Phi) is 8.83. The molecule has 0 amide bonds. The monoisotopic (exact) mass is 596 g/mol. The molecule has 4 nitrogen and oxygen atoms in total. The van der Waals surface area contributed by atoms with Crippen LogP contribution in [0.4, 0.5) is 0 Å². The minimum absolute atomic E-state index is 0.0160. The number of hydrogen-bond donors (Lipinski definition) is 0. The summed E-state index contributed by atoms with van der Waals surface area (Å²) in [6.45, 7) is 10.6. The third-order valence-corrected chi connectivity index (χ3v) is 13.0. The topological polar surface area (TPSA) is 52.6 Å². The highest BCUT2D eigenvalue weighted by Gasteiger charge is 2.65. The van der Waals surface area contributed by atoms with E-state index in [4.69, 9.17) is 9.47 Å². The molecule has 2 aromatic rings. The van der Waals surface area contributed by atoms with E-state index >= 15 is 0 Å². The molecule has 0 bridgehead atoms. The van der Waals surface area contributed by atoms with Gasteiger partial charge in [0.15, 0.2) is 0 Å². The van der Waals surface area contributed by atoms with E-state index in [2.05, 4.69) is 87.5 Å². The van der Waals surface area contributed by atoms with E-state index in [0.717, 1.165) is 32.1 Å². The summed E-state index contributed by atoms with van der Waals surface area (Å²) in [6.07, 6.45) is 12.4. The van der Waals surface area contributed by atoms with Crippen molar-refractivity contribution in [2.45, 2.75) is 105 Å². The number of ether oxygens (including phenoxy) is 2. The lowest BCUT2D eigenvalue weighted by Gasteiger charge is -2.62.